The van der Waals surface area contributed by atoms with Gasteiger partial charge in [-0.15, -0.1) is 0 Å². The fourth-order valence-corrected chi connectivity index (χ4v) is 5.53. The van der Waals surface area contributed by atoms with Crippen LogP contribution in [-0.2, 0) is 0 Å². The van der Waals surface area contributed by atoms with E-state index in [1.54, 1.807) is 0 Å². The lowest BCUT2D eigenvalue weighted by atomic mass is 10.0. The highest BCUT2D eigenvalue weighted by Gasteiger charge is 1.97. The average Bonchev–Trinajstić information content (AvgIpc) is 2.89. The molecule has 0 spiro atoms. The van der Waals surface area contributed by atoms with Crippen molar-refractivity contribution in [3.63, 3.8) is 0 Å². The third kappa shape index (κ3) is 33.9. The first-order chi connectivity index (χ1) is 17.9. The average molecular weight is 511 g/mol. The van der Waals surface area contributed by atoms with E-state index in [1.165, 1.54) is 193 Å². The van der Waals surface area contributed by atoms with Crippen LogP contribution in [0.5, 0.6) is 0 Å². The topological polar surface area (TPSA) is 40.5 Å². The molecule has 0 unspecified atom stereocenters. The van der Waals surface area contributed by atoms with E-state index in [4.69, 9.17) is 10.2 Å². The van der Waals surface area contributed by atoms with Gasteiger partial charge in [0.25, 0.3) is 0 Å². The van der Waals surface area contributed by atoms with Gasteiger partial charge in [0.15, 0.2) is 0 Å². The second-order valence-corrected chi connectivity index (χ2v) is 11.8. The minimum absolute atomic E-state index is 0.371. The number of aliphatic hydroxyl groups is 2. The second-order valence-electron chi connectivity index (χ2n) is 11.8. The summed E-state index contributed by atoms with van der Waals surface area (Å²) < 4.78 is 0. The zero-order chi connectivity index (χ0) is 26.0. The summed E-state index contributed by atoms with van der Waals surface area (Å²) in [7, 11) is 0. The minimum atomic E-state index is 0.371. The Hall–Kier alpha value is -0.0800. The van der Waals surface area contributed by atoms with Crippen molar-refractivity contribution in [2.24, 2.45) is 0 Å². The molecule has 0 aromatic heterocycles. The number of aliphatic hydroxyl groups excluding tert-OH is 2. The highest BCUT2D eigenvalue weighted by atomic mass is 16.3. The molecule has 0 heterocycles. The van der Waals surface area contributed by atoms with Gasteiger partial charge in [0, 0.05) is 13.2 Å². The molecular weight excluding hydrogens is 440 g/mol. The molecule has 218 valence electrons. The van der Waals surface area contributed by atoms with Gasteiger partial charge in [-0.1, -0.05) is 193 Å². The molecule has 2 heteroatoms. The first kappa shape index (κ1) is 35.9. The van der Waals surface area contributed by atoms with Crippen LogP contribution in [-0.4, -0.2) is 23.4 Å². The zero-order valence-corrected chi connectivity index (χ0v) is 24.9. The smallest absolute Gasteiger partial charge is 0.0431 e. The van der Waals surface area contributed by atoms with Crippen molar-refractivity contribution in [3.05, 3.63) is 0 Å². The van der Waals surface area contributed by atoms with Gasteiger partial charge in [-0.2, -0.15) is 0 Å². The Morgan fingerprint density at radius 1 is 0.139 bits per heavy atom. The van der Waals surface area contributed by atoms with Crippen LogP contribution in [0.4, 0.5) is 0 Å². The minimum Gasteiger partial charge on any atom is -0.396 e. The number of rotatable bonds is 33. The van der Waals surface area contributed by atoms with Gasteiger partial charge < -0.3 is 10.2 Å². The van der Waals surface area contributed by atoms with Gasteiger partial charge in [-0.3, -0.25) is 0 Å². The lowest BCUT2D eigenvalue weighted by molar-refractivity contribution is 0.282. The van der Waals surface area contributed by atoms with Crippen LogP contribution in [0.2, 0.25) is 0 Å². The van der Waals surface area contributed by atoms with E-state index < -0.39 is 0 Å². The molecule has 0 aliphatic rings. The number of unbranched alkanes of at least 4 members (excludes halogenated alkanes) is 31. The van der Waals surface area contributed by atoms with Gasteiger partial charge in [-0.05, 0) is 12.8 Å². The van der Waals surface area contributed by atoms with E-state index in [1.807, 2.05) is 0 Å². The molecule has 36 heavy (non-hydrogen) atoms. The van der Waals surface area contributed by atoms with Crippen LogP contribution in [0.15, 0.2) is 0 Å². The van der Waals surface area contributed by atoms with Crippen LogP contribution >= 0.6 is 0 Å². The van der Waals surface area contributed by atoms with Crippen molar-refractivity contribution in [1.29, 1.82) is 0 Å². The van der Waals surface area contributed by atoms with E-state index in [0.717, 1.165) is 12.8 Å². The van der Waals surface area contributed by atoms with Crippen LogP contribution in [0.25, 0.3) is 0 Å². The Morgan fingerprint density at radius 3 is 0.306 bits per heavy atom. The number of hydrogen-bond donors (Lipinski definition) is 2. The number of hydrogen-bond acceptors (Lipinski definition) is 2. The summed E-state index contributed by atoms with van der Waals surface area (Å²) in [6, 6.07) is 0. The predicted octanol–water partition coefficient (Wildman–Crippen LogP) is 11.5. The summed E-state index contributed by atoms with van der Waals surface area (Å²) in [5.74, 6) is 0. The van der Waals surface area contributed by atoms with Gasteiger partial charge in [0.1, 0.15) is 0 Å². The summed E-state index contributed by atoms with van der Waals surface area (Å²) in [6.45, 7) is 0.743. The van der Waals surface area contributed by atoms with Crippen molar-refractivity contribution < 1.29 is 10.2 Å². The van der Waals surface area contributed by atoms with Crippen LogP contribution in [0.1, 0.15) is 205 Å². The quantitative estimate of drug-likeness (QED) is 0.0861. The predicted molar refractivity (Wildman–Crippen MR) is 162 cm³/mol. The monoisotopic (exact) mass is 511 g/mol. The lowest BCUT2D eigenvalue weighted by Gasteiger charge is -2.04. The third-order valence-electron chi connectivity index (χ3n) is 8.07. The molecule has 2 nitrogen and oxygen atoms in total. The zero-order valence-electron chi connectivity index (χ0n) is 24.9. The third-order valence-corrected chi connectivity index (χ3v) is 8.07. The second kappa shape index (κ2) is 34.9. The molecule has 0 fully saturated rings. The summed E-state index contributed by atoms with van der Waals surface area (Å²) in [5, 5.41) is 17.6. The molecular formula is C34H70O2. The molecule has 0 bridgehead atoms. The molecule has 0 aromatic rings. The first-order valence-electron chi connectivity index (χ1n) is 17.1. The van der Waals surface area contributed by atoms with E-state index in [-0.39, 0.29) is 0 Å². The molecule has 0 aromatic carbocycles. The summed E-state index contributed by atoms with van der Waals surface area (Å²) in [5.41, 5.74) is 0. The molecule has 0 radical (unpaired) electrons. The normalized spacial score (nSPS) is 11.5. The Morgan fingerprint density at radius 2 is 0.222 bits per heavy atom. The lowest BCUT2D eigenvalue weighted by Crippen LogP contribution is -1.85. The van der Waals surface area contributed by atoms with Crippen LogP contribution < -0.4 is 0 Å². The Balaban J connectivity index is 3.00. The SMILES string of the molecule is OCCCCCCCCCCCCCCCCCCCCCCCCCCCCCCCCCCO. The Kier molecular flexibility index (Phi) is 34.8. The van der Waals surface area contributed by atoms with Crippen molar-refractivity contribution in [2.45, 2.75) is 205 Å². The Labute approximate surface area is 228 Å². The summed E-state index contributed by atoms with van der Waals surface area (Å²) in [4.78, 5) is 0. The van der Waals surface area contributed by atoms with E-state index in [2.05, 4.69) is 0 Å². The van der Waals surface area contributed by atoms with Gasteiger partial charge in [0.2, 0.25) is 0 Å². The molecule has 0 saturated carbocycles. The maximum atomic E-state index is 8.78. The fourth-order valence-electron chi connectivity index (χ4n) is 5.53. The standard InChI is InChI=1S/C34H70O2/c35-33-31-29-27-25-23-21-19-17-15-13-11-9-7-5-3-1-2-4-6-8-10-12-14-16-18-20-22-24-26-28-30-32-34-36/h35-36H,1-34H2. The molecule has 0 saturated heterocycles. The molecule has 0 amide bonds. The largest absolute Gasteiger partial charge is 0.396 e. The first-order valence-corrected chi connectivity index (χ1v) is 17.1. The van der Waals surface area contributed by atoms with Gasteiger partial charge in [-0.25, -0.2) is 0 Å². The van der Waals surface area contributed by atoms with Crippen molar-refractivity contribution in [1.82, 2.24) is 0 Å². The molecule has 0 aliphatic carbocycles. The molecule has 0 aliphatic heterocycles. The van der Waals surface area contributed by atoms with Crippen LogP contribution in [0.3, 0.4) is 0 Å². The highest BCUT2D eigenvalue weighted by Crippen LogP contribution is 2.16. The maximum Gasteiger partial charge on any atom is 0.0431 e. The van der Waals surface area contributed by atoms with E-state index >= 15 is 0 Å². The van der Waals surface area contributed by atoms with E-state index in [9.17, 15) is 0 Å². The molecule has 2 N–H and O–H groups in total. The van der Waals surface area contributed by atoms with E-state index in [0.29, 0.717) is 13.2 Å². The van der Waals surface area contributed by atoms with Gasteiger partial charge in [0.05, 0.1) is 0 Å². The Bertz CT molecular complexity index is 323. The summed E-state index contributed by atoms with van der Waals surface area (Å²) in [6.07, 6.45) is 44.7. The van der Waals surface area contributed by atoms with Crippen molar-refractivity contribution in [2.75, 3.05) is 13.2 Å². The fraction of sp³-hybridized carbons (Fsp3) is 1.00. The molecule has 0 atom stereocenters. The highest BCUT2D eigenvalue weighted by molar-refractivity contribution is 4.52. The molecule has 0 rings (SSSR count). The van der Waals surface area contributed by atoms with Crippen molar-refractivity contribution in [3.8, 4) is 0 Å². The van der Waals surface area contributed by atoms with Gasteiger partial charge >= 0.3 is 0 Å². The summed E-state index contributed by atoms with van der Waals surface area (Å²) >= 11 is 0. The van der Waals surface area contributed by atoms with Crippen LogP contribution in [0, 0.1) is 0 Å². The maximum absolute atomic E-state index is 8.78. The van der Waals surface area contributed by atoms with Crippen molar-refractivity contribution >= 4 is 0 Å².